The maximum Gasteiger partial charge on any atom is 0.312 e. The Hall–Kier alpha value is -1.71. The number of carbonyl (C=O) groups is 3. The number of halogens is 1. The van der Waals surface area contributed by atoms with Crippen molar-refractivity contribution in [2.45, 2.75) is 87.4 Å². The molecule has 1 N–H and O–H groups in total. The van der Waals surface area contributed by atoms with Gasteiger partial charge in [-0.05, 0) is 32.6 Å². The Labute approximate surface area is 223 Å². The highest BCUT2D eigenvalue weighted by Crippen LogP contribution is 2.60. The molecule has 7 atom stereocenters. The Morgan fingerprint density at radius 2 is 2.03 bits per heavy atom. The van der Waals surface area contributed by atoms with E-state index >= 15 is 0 Å². The summed E-state index contributed by atoms with van der Waals surface area (Å²) in [5.41, 5.74) is -1.08. The van der Waals surface area contributed by atoms with Crippen LogP contribution in [0.3, 0.4) is 0 Å². The van der Waals surface area contributed by atoms with Crippen molar-refractivity contribution >= 4 is 33.7 Å². The molecular formula is C27H41BrN2O6. The summed E-state index contributed by atoms with van der Waals surface area (Å²) in [7, 11) is 0. The number of amides is 2. The monoisotopic (exact) mass is 568 g/mol. The summed E-state index contributed by atoms with van der Waals surface area (Å²) in [6.45, 7) is 12.5. The van der Waals surface area contributed by atoms with Gasteiger partial charge >= 0.3 is 5.97 Å². The molecular weight excluding hydrogens is 528 g/mol. The highest BCUT2D eigenvalue weighted by Gasteiger charge is 2.77. The van der Waals surface area contributed by atoms with Gasteiger partial charge in [0.1, 0.15) is 18.2 Å². The first kappa shape index (κ1) is 28.9. The largest absolute Gasteiger partial charge is 0.461 e. The number of aliphatic hydroxyl groups is 1. The van der Waals surface area contributed by atoms with E-state index in [1.54, 1.807) is 15.9 Å². The van der Waals surface area contributed by atoms with Crippen molar-refractivity contribution in [1.29, 1.82) is 0 Å². The van der Waals surface area contributed by atoms with E-state index in [-0.39, 0.29) is 35.9 Å². The number of esters is 1. The van der Waals surface area contributed by atoms with Crippen LogP contribution < -0.4 is 0 Å². The van der Waals surface area contributed by atoms with Crippen LogP contribution in [-0.4, -0.2) is 87.6 Å². The fourth-order valence-corrected chi connectivity index (χ4v) is 7.20. The number of unbranched alkanes of at least 4 members (excludes halogenated alkanes) is 3. The molecule has 8 nitrogen and oxygen atoms in total. The van der Waals surface area contributed by atoms with Crippen molar-refractivity contribution < 1.29 is 29.0 Å². The molecule has 0 aromatic heterocycles. The quantitative estimate of drug-likeness (QED) is 0.141. The van der Waals surface area contributed by atoms with Gasteiger partial charge < -0.3 is 24.4 Å². The predicted octanol–water partition coefficient (Wildman–Crippen LogP) is 3.22. The van der Waals surface area contributed by atoms with E-state index in [4.69, 9.17) is 14.6 Å². The average molecular weight is 570 g/mol. The zero-order valence-electron chi connectivity index (χ0n) is 21.6. The van der Waals surface area contributed by atoms with Gasteiger partial charge in [0.15, 0.2) is 0 Å². The first-order chi connectivity index (χ1) is 17.3. The fourth-order valence-electron chi connectivity index (χ4n) is 6.26. The normalized spacial score (nSPS) is 31.3. The van der Waals surface area contributed by atoms with Crippen molar-refractivity contribution in [3.63, 3.8) is 0 Å². The summed E-state index contributed by atoms with van der Waals surface area (Å²) in [6.07, 6.45) is 8.00. The first-order valence-corrected chi connectivity index (χ1v) is 14.1. The Kier molecular flexibility index (Phi) is 10.2. The molecule has 0 radical (unpaired) electrons. The smallest absolute Gasteiger partial charge is 0.312 e. The lowest BCUT2D eigenvalue weighted by atomic mass is 9.70. The number of nitrogens with zero attached hydrogens (tertiary/aromatic N) is 2. The zero-order chi connectivity index (χ0) is 26.5. The van der Waals surface area contributed by atoms with Crippen molar-refractivity contribution in [3.8, 4) is 0 Å². The van der Waals surface area contributed by atoms with Gasteiger partial charge in [0.2, 0.25) is 11.8 Å². The van der Waals surface area contributed by atoms with E-state index in [2.05, 4.69) is 36.0 Å². The van der Waals surface area contributed by atoms with Crippen LogP contribution in [0.5, 0.6) is 0 Å². The lowest BCUT2D eigenvalue weighted by Crippen LogP contribution is -2.58. The van der Waals surface area contributed by atoms with E-state index < -0.39 is 35.6 Å². The van der Waals surface area contributed by atoms with Gasteiger partial charge in [-0.2, -0.15) is 0 Å². The number of carbonyl (C=O) groups excluding carboxylic acids is 3. The minimum absolute atomic E-state index is 0.0239. The van der Waals surface area contributed by atoms with Gasteiger partial charge in [0.25, 0.3) is 0 Å². The minimum atomic E-state index is -1.08. The van der Waals surface area contributed by atoms with Crippen LogP contribution in [0.15, 0.2) is 25.3 Å². The third-order valence-corrected chi connectivity index (χ3v) is 8.64. The van der Waals surface area contributed by atoms with Gasteiger partial charge in [-0.3, -0.25) is 14.4 Å². The van der Waals surface area contributed by atoms with Crippen LogP contribution in [0.1, 0.15) is 58.8 Å². The molecule has 36 heavy (non-hydrogen) atoms. The number of ether oxygens (including phenoxy) is 2. The van der Waals surface area contributed by atoms with E-state index in [0.29, 0.717) is 32.4 Å². The topological polar surface area (TPSA) is 96.4 Å². The van der Waals surface area contributed by atoms with Crippen molar-refractivity contribution in [2.75, 3.05) is 26.3 Å². The molecule has 9 heteroatoms. The lowest BCUT2D eigenvalue weighted by Gasteiger charge is -2.39. The summed E-state index contributed by atoms with van der Waals surface area (Å²) in [5.74, 6) is -2.37. The molecule has 3 aliphatic heterocycles. The molecule has 0 aromatic carbocycles. The Morgan fingerprint density at radius 3 is 2.67 bits per heavy atom. The Morgan fingerprint density at radius 1 is 1.31 bits per heavy atom. The van der Waals surface area contributed by atoms with E-state index in [1.165, 1.54) is 6.08 Å². The van der Waals surface area contributed by atoms with E-state index in [1.807, 2.05) is 6.92 Å². The molecule has 1 spiro atoms. The standard InChI is InChI=1S/C27H41BrN2O6/c1-5-12-18(4)29(13-6-2)25(33)23-27-17-19(28)22(36-27)20(26(34)35-16-7-3)21(27)24(32)30(23)14-10-8-9-11-15-31/h6-7,18-23,31H,2-3,5,8-17H2,1,4H3/t18?,19?,20-,21-,22-,23?,27?/m0/s1. The highest BCUT2D eigenvalue weighted by atomic mass is 79.9. The van der Waals surface area contributed by atoms with E-state index in [9.17, 15) is 14.4 Å². The van der Waals surface area contributed by atoms with Crippen molar-refractivity contribution in [1.82, 2.24) is 9.80 Å². The van der Waals surface area contributed by atoms with Gasteiger partial charge in [-0.15, -0.1) is 6.58 Å². The van der Waals surface area contributed by atoms with Crippen LogP contribution in [0.2, 0.25) is 0 Å². The molecule has 3 aliphatic rings. The molecule has 2 amide bonds. The van der Waals surface area contributed by atoms with Gasteiger partial charge in [0.05, 0.1) is 17.9 Å². The maximum absolute atomic E-state index is 14.2. The van der Waals surface area contributed by atoms with Gasteiger partial charge in [0, 0.05) is 30.6 Å². The second kappa shape index (κ2) is 12.7. The predicted molar refractivity (Wildman–Crippen MR) is 140 cm³/mol. The summed E-state index contributed by atoms with van der Waals surface area (Å²) in [4.78, 5) is 44.6. The number of aliphatic hydroxyl groups excluding tert-OH is 1. The van der Waals surface area contributed by atoms with Crippen LogP contribution in [0, 0.1) is 11.8 Å². The first-order valence-electron chi connectivity index (χ1n) is 13.2. The molecule has 0 aliphatic carbocycles. The third kappa shape index (κ3) is 5.29. The minimum Gasteiger partial charge on any atom is -0.461 e. The maximum atomic E-state index is 14.2. The summed E-state index contributed by atoms with van der Waals surface area (Å²) in [5, 5.41) is 9.09. The molecule has 2 bridgehead atoms. The van der Waals surface area contributed by atoms with Gasteiger partial charge in [-0.25, -0.2) is 0 Å². The Bertz CT molecular complexity index is 837. The molecule has 4 unspecified atom stereocenters. The number of hydrogen-bond acceptors (Lipinski definition) is 6. The number of likely N-dealkylation sites (tertiary alicyclic amines) is 1. The molecule has 3 rings (SSSR count). The number of fused-ring (bicyclic) bond motifs is 1. The summed E-state index contributed by atoms with van der Waals surface area (Å²) >= 11 is 3.68. The van der Waals surface area contributed by atoms with Crippen LogP contribution in [-0.2, 0) is 23.9 Å². The Balaban J connectivity index is 1.98. The number of alkyl halides is 1. The second-order valence-electron chi connectivity index (χ2n) is 10.2. The molecule has 202 valence electrons. The van der Waals surface area contributed by atoms with Crippen molar-refractivity contribution in [2.24, 2.45) is 11.8 Å². The number of rotatable bonds is 15. The van der Waals surface area contributed by atoms with Crippen molar-refractivity contribution in [3.05, 3.63) is 25.3 Å². The zero-order valence-corrected chi connectivity index (χ0v) is 23.2. The summed E-state index contributed by atoms with van der Waals surface area (Å²) in [6, 6.07) is -0.835. The third-order valence-electron chi connectivity index (χ3n) is 7.79. The molecule has 3 saturated heterocycles. The second-order valence-corrected chi connectivity index (χ2v) is 11.3. The van der Waals surface area contributed by atoms with E-state index in [0.717, 1.165) is 25.7 Å². The molecule has 0 aromatic rings. The molecule has 0 saturated carbocycles. The highest BCUT2D eigenvalue weighted by molar-refractivity contribution is 9.09. The molecule has 3 fully saturated rings. The van der Waals surface area contributed by atoms with Crippen LogP contribution in [0.4, 0.5) is 0 Å². The molecule has 3 heterocycles. The number of hydrogen-bond donors (Lipinski definition) is 1. The SMILES string of the molecule is C=CCOC(=O)[C@H]1[C@H]2C(=O)N(CCCCCCO)C(C(=O)N(CC=C)C(C)CCC)C23CC(Br)[C@@H]1O3. The summed E-state index contributed by atoms with van der Waals surface area (Å²) < 4.78 is 11.9. The average Bonchev–Trinajstić information content (AvgIpc) is 3.44. The van der Waals surface area contributed by atoms with Crippen LogP contribution in [0.25, 0.3) is 0 Å². The van der Waals surface area contributed by atoms with Gasteiger partial charge in [-0.1, -0.05) is 60.8 Å². The fraction of sp³-hybridized carbons (Fsp3) is 0.741. The van der Waals surface area contributed by atoms with Crippen LogP contribution >= 0.6 is 15.9 Å². The lowest BCUT2D eigenvalue weighted by molar-refractivity contribution is -0.154.